The highest BCUT2D eigenvalue weighted by atomic mass is 79.9. The standard InChI is InChI=1S/C18H22BrNO.C2H6/c1-3-17(19)18(20-2)13-21-16-11-9-15(10-12-16)14-7-5-4-6-8-14;1-2/h3-8,15-16H,1-2,9-13H2;1-2H3/b18-17+;. The maximum atomic E-state index is 5.97. The molecule has 0 unspecified atom stereocenters. The minimum absolute atomic E-state index is 0.326. The Labute approximate surface area is 149 Å². The summed E-state index contributed by atoms with van der Waals surface area (Å²) in [6, 6.07) is 10.8. The van der Waals surface area contributed by atoms with Gasteiger partial charge in [-0.2, -0.15) is 0 Å². The molecule has 0 aromatic heterocycles. The predicted octanol–water partition coefficient (Wildman–Crippen LogP) is 6.25. The Morgan fingerprint density at radius 3 is 2.35 bits per heavy atom. The van der Waals surface area contributed by atoms with Crippen molar-refractivity contribution >= 4 is 22.6 Å². The Balaban J connectivity index is 0.00000127. The minimum atomic E-state index is 0.326. The van der Waals surface area contributed by atoms with Crippen LogP contribution in [-0.4, -0.2) is 19.4 Å². The third-order valence-corrected chi connectivity index (χ3v) is 4.83. The molecule has 2 nitrogen and oxygen atoms in total. The van der Waals surface area contributed by atoms with Crippen molar-refractivity contribution in [3.05, 3.63) is 58.7 Å². The normalized spacial score (nSPS) is 21.5. The van der Waals surface area contributed by atoms with Crippen LogP contribution >= 0.6 is 15.9 Å². The summed E-state index contributed by atoms with van der Waals surface area (Å²) in [6.45, 7) is 11.8. The van der Waals surface area contributed by atoms with E-state index in [0.717, 1.165) is 23.0 Å². The summed E-state index contributed by atoms with van der Waals surface area (Å²) in [5.74, 6) is 0.679. The van der Waals surface area contributed by atoms with Crippen LogP contribution in [0.2, 0.25) is 0 Å². The fraction of sp³-hybridized carbons (Fsp3) is 0.450. The molecule has 2 rings (SSSR count). The maximum absolute atomic E-state index is 5.97. The van der Waals surface area contributed by atoms with Crippen LogP contribution in [0.4, 0.5) is 0 Å². The molecule has 0 N–H and O–H groups in total. The van der Waals surface area contributed by atoms with E-state index in [0.29, 0.717) is 18.6 Å². The van der Waals surface area contributed by atoms with Crippen LogP contribution in [0.3, 0.4) is 0 Å². The van der Waals surface area contributed by atoms with Gasteiger partial charge in [-0.05, 0) is 59.8 Å². The molecule has 0 amide bonds. The van der Waals surface area contributed by atoms with Crippen LogP contribution in [0, 0.1) is 0 Å². The van der Waals surface area contributed by atoms with Crippen molar-refractivity contribution in [2.45, 2.75) is 51.6 Å². The Morgan fingerprint density at radius 1 is 1.22 bits per heavy atom. The van der Waals surface area contributed by atoms with E-state index in [1.54, 1.807) is 6.08 Å². The summed E-state index contributed by atoms with van der Waals surface area (Å²) in [5.41, 5.74) is 2.27. The monoisotopic (exact) mass is 377 g/mol. The molecule has 1 aliphatic rings. The zero-order valence-corrected chi connectivity index (χ0v) is 15.9. The van der Waals surface area contributed by atoms with E-state index in [1.807, 2.05) is 13.8 Å². The molecular formula is C20H28BrNO. The molecule has 1 saturated carbocycles. The first-order valence-corrected chi connectivity index (χ1v) is 9.18. The number of ether oxygens (including phenoxy) is 1. The molecule has 0 aliphatic heterocycles. The second-order valence-corrected chi connectivity index (χ2v) is 6.21. The van der Waals surface area contributed by atoms with E-state index in [2.05, 4.69) is 64.6 Å². The maximum Gasteiger partial charge on any atom is 0.0902 e. The lowest BCUT2D eigenvalue weighted by Crippen LogP contribution is -2.21. The molecule has 1 fully saturated rings. The van der Waals surface area contributed by atoms with Gasteiger partial charge in [0.15, 0.2) is 0 Å². The highest BCUT2D eigenvalue weighted by molar-refractivity contribution is 9.11. The molecule has 0 atom stereocenters. The lowest BCUT2D eigenvalue weighted by Gasteiger charge is -2.29. The van der Waals surface area contributed by atoms with Crippen LogP contribution in [0.15, 0.2) is 58.2 Å². The van der Waals surface area contributed by atoms with Gasteiger partial charge < -0.3 is 4.74 Å². The van der Waals surface area contributed by atoms with Gasteiger partial charge in [0.05, 0.1) is 18.4 Å². The van der Waals surface area contributed by atoms with E-state index in [4.69, 9.17) is 4.74 Å². The highest BCUT2D eigenvalue weighted by Gasteiger charge is 2.22. The summed E-state index contributed by atoms with van der Waals surface area (Å²) in [5, 5.41) is 0. The van der Waals surface area contributed by atoms with Crippen molar-refractivity contribution in [1.29, 1.82) is 0 Å². The molecule has 1 aromatic rings. The van der Waals surface area contributed by atoms with E-state index in [9.17, 15) is 0 Å². The van der Waals surface area contributed by atoms with Crippen LogP contribution in [0.25, 0.3) is 0 Å². The summed E-state index contributed by atoms with van der Waals surface area (Å²) in [7, 11) is 0. The third-order valence-electron chi connectivity index (χ3n) is 4.05. The summed E-state index contributed by atoms with van der Waals surface area (Å²) in [6.07, 6.45) is 6.65. The van der Waals surface area contributed by atoms with Gasteiger partial charge in [-0.1, -0.05) is 56.8 Å². The van der Waals surface area contributed by atoms with Gasteiger partial charge in [0.2, 0.25) is 0 Å². The van der Waals surface area contributed by atoms with Gasteiger partial charge in [0.1, 0.15) is 0 Å². The van der Waals surface area contributed by atoms with Crippen LogP contribution < -0.4 is 0 Å². The Kier molecular flexibility index (Phi) is 9.81. The van der Waals surface area contributed by atoms with E-state index >= 15 is 0 Å². The van der Waals surface area contributed by atoms with Crippen molar-refractivity contribution in [3.8, 4) is 0 Å². The highest BCUT2D eigenvalue weighted by Crippen LogP contribution is 2.34. The van der Waals surface area contributed by atoms with Gasteiger partial charge in [0, 0.05) is 4.48 Å². The molecule has 3 heteroatoms. The quantitative estimate of drug-likeness (QED) is 0.424. The van der Waals surface area contributed by atoms with E-state index < -0.39 is 0 Å². The van der Waals surface area contributed by atoms with E-state index in [1.165, 1.54) is 18.4 Å². The van der Waals surface area contributed by atoms with E-state index in [-0.39, 0.29) is 0 Å². The SMILES string of the molecule is C=C/C(Br)=C(/COC1CCC(c2ccccc2)CC1)N=C.CC. The smallest absolute Gasteiger partial charge is 0.0902 e. The van der Waals surface area contributed by atoms with Gasteiger partial charge in [-0.25, -0.2) is 0 Å². The zero-order valence-electron chi connectivity index (χ0n) is 14.3. The molecule has 0 radical (unpaired) electrons. The zero-order chi connectivity index (χ0) is 17.1. The molecule has 23 heavy (non-hydrogen) atoms. The lowest BCUT2D eigenvalue weighted by molar-refractivity contribution is 0.0381. The number of aliphatic imine (C=N–C) groups is 1. The molecule has 0 spiro atoms. The third kappa shape index (κ3) is 6.44. The Bertz CT molecular complexity index is 502. The number of halogens is 1. The first kappa shape index (κ1) is 19.9. The van der Waals surface area contributed by atoms with Crippen molar-refractivity contribution < 1.29 is 4.74 Å². The molecule has 1 aromatic carbocycles. The lowest BCUT2D eigenvalue weighted by atomic mass is 9.83. The van der Waals surface area contributed by atoms with Crippen LogP contribution in [-0.2, 0) is 4.74 Å². The van der Waals surface area contributed by atoms with Crippen molar-refractivity contribution in [2.24, 2.45) is 4.99 Å². The predicted molar refractivity (Wildman–Crippen MR) is 104 cm³/mol. The molecule has 0 bridgehead atoms. The van der Waals surface area contributed by atoms with Gasteiger partial charge in [0.25, 0.3) is 0 Å². The molecule has 0 heterocycles. The average Bonchev–Trinajstić information content (AvgIpc) is 2.65. The van der Waals surface area contributed by atoms with Crippen LogP contribution in [0.5, 0.6) is 0 Å². The van der Waals surface area contributed by atoms with Gasteiger partial charge >= 0.3 is 0 Å². The number of rotatable bonds is 6. The fourth-order valence-electron chi connectivity index (χ4n) is 2.79. The Morgan fingerprint density at radius 2 is 1.83 bits per heavy atom. The Hall–Kier alpha value is -1.19. The minimum Gasteiger partial charge on any atom is -0.372 e. The molecular weight excluding hydrogens is 350 g/mol. The average molecular weight is 378 g/mol. The molecule has 1 aliphatic carbocycles. The second-order valence-electron chi connectivity index (χ2n) is 5.35. The number of allylic oxidation sites excluding steroid dienone is 2. The fourth-order valence-corrected chi connectivity index (χ4v) is 3.03. The van der Waals surface area contributed by atoms with Crippen molar-refractivity contribution in [3.63, 3.8) is 0 Å². The van der Waals surface area contributed by atoms with Crippen LogP contribution in [0.1, 0.15) is 51.0 Å². The van der Waals surface area contributed by atoms with Gasteiger partial charge in [-0.3, -0.25) is 4.99 Å². The first-order valence-electron chi connectivity index (χ1n) is 8.39. The first-order chi connectivity index (χ1) is 11.2. The van der Waals surface area contributed by atoms with Crippen molar-refractivity contribution in [1.82, 2.24) is 0 Å². The summed E-state index contributed by atoms with van der Waals surface area (Å²) < 4.78 is 6.83. The summed E-state index contributed by atoms with van der Waals surface area (Å²) >= 11 is 3.42. The number of hydrogen-bond donors (Lipinski definition) is 0. The molecule has 126 valence electrons. The van der Waals surface area contributed by atoms with Gasteiger partial charge in [-0.15, -0.1) is 0 Å². The number of benzene rings is 1. The number of nitrogens with zero attached hydrogens (tertiary/aromatic N) is 1. The van der Waals surface area contributed by atoms with Crippen molar-refractivity contribution in [2.75, 3.05) is 6.61 Å². The largest absolute Gasteiger partial charge is 0.372 e. The summed E-state index contributed by atoms with van der Waals surface area (Å²) in [4.78, 5) is 3.99. The number of hydrogen-bond acceptors (Lipinski definition) is 2. The topological polar surface area (TPSA) is 21.6 Å². The second kappa shape index (κ2) is 11.4. The molecule has 0 saturated heterocycles.